The minimum absolute atomic E-state index is 0.129. The van der Waals surface area contributed by atoms with Gasteiger partial charge in [-0.05, 0) is 26.4 Å². The first-order valence-electron chi connectivity index (χ1n) is 7.05. The number of rotatable bonds is 4. The summed E-state index contributed by atoms with van der Waals surface area (Å²) in [6, 6.07) is 0.527. The predicted octanol–water partition coefficient (Wildman–Crippen LogP) is 1.07. The van der Waals surface area contributed by atoms with Crippen molar-refractivity contribution in [3.8, 4) is 0 Å². The van der Waals surface area contributed by atoms with E-state index >= 15 is 0 Å². The minimum atomic E-state index is -0.129. The van der Waals surface area contributed by atoms with E-state index < -0.39 is 0 Å². The van der Waals surface area contributed by atoms with Gasteiger partial charge in [-0.3, -0.25) is 9.78 Å². The molecule has 1 N–H and O–H groups in total. The van der Waals surface area contributed by atoms with Crippen LogP contribution in [-0.2, 0) is 0 Å². The first-order chi connectivity index (χ1) is 9.58. The molecule has 1 unspecified atom stereocenters. The molecule has 2 rings (SSSR count). The molecular formula is C14H23N5O. The highest BCUT2D eigenvalue weighted by molar-refractivity contribution is 5.91. The van der Waals surface area contributed by atoms with Crippen molar-refractivity contribution in [1.82, 2.24) is 19.8 Å². The van der Waals surface area contributed by atoms with Crippen LogP contribution in [0.2, 0.25) is 0 Å². The lowest BCUT2D eigenvalue weighted by molar-refractivity contribution is 0.0821. The first kappa shape index (κ1) is 14.7. The van der Waals surface area contributed by atoms with Crippen LogP contribution in [-0.4, -0.2) is 65.9 Å². The summed E-state index contributed by atoms with van der Waals surface area (Å²) in [4.78, 5) is 24.1. The standard InChI is InChI=1S/C14H23N5O/c1-18(2)14(20)12-9-15-10-13(17-12)16-8-11-6-4-5-7-19(11)3/h9-11H,4-8H2,1-3H3,(H,16,17). The highest BCUT2D eigenvalue weighted by Crippen LogP contribution is 2.15. The third-order valence-corrected chi connectivity index (χ3v) is 3.70. The average Bonchev–Trinajstić information content (AvgIpc) is 2.46. The second-order valence-electron chi connectivity index (χ2n) is 5.50. The number of carbonyl (C=O) groups is 1. The Kier molecular flexibility index (Phi) is 4.89. The van der Waals surface area contributed by atoms with Gasteiger partial charge in [-0.2, -0.15) is 0 Å². The van der Waals surface area contributed by atoms with Crippen molar-refractivity contribution in [2.75, 3.05) is 39.5 Å². The molecule has 0 radical (unpaired) electrons. The van der Waals surface area contributed by atoms with E-state index in [9.17, 15) is 4.79 Å². The summed E-state index contributed by atoms with van der Waals surface area (Å²) in [7, 11) is 5.57. The van der Waals surface area contributed by atoms with Crippen molar-refractivity contribution in [1.29, 1.82) is 0 Å². The summed E-state index contributed by atoms with van der Waals surface area (Å²) in [5, 5.41) is 3.29. The predicted molar refractivity (Wildman–Crippen MR) is 78.8 cm³/mol. The van der Waals surface area contributed by atoms with Gasteiger partial charge >= 0.3 is 0 Å². The topological polar surface area (TPSA) is 61.4 Å². The number of hydrogen-bond acceptors (Lipinski definition) is 5. The van der Waals surface area contributed by atoms with E-state index in [-0.39, 0.29) is 5.91 Å². The molecule has 1 saturated heterocycles. The lowest BCUT2D eigenvalue weighted by Crippen LogP contribution is -2.40. The number of nitrogens with one attached hydrogen (secondary N) is 1. The maximum atomic E-state index is 11.8. The van der Waals surface area contributed by atoms with Gasteiger partial charge in [0.2, 0.25) is 0 Å². The van der Waals surface area contributed by atoms with Crippen molar-refractivity contribution >= 4 is 11.7 Å². The smallest absolute Gasteiger partial charge is 0.273 e. The quantitative estimate of drug-likeness (QED) is 0.892. The third-order valence-electron chi connectivity index (χ3n) is 3.70. The molecule has 2 heterocycles. The Morgan fingerprint density at radius 3 is 2.95 bits per heavy atom. The molecule has 1 atom stereocenters. The third kappa shape index (κ3) is 3.66. The minimum Gasteiger partial charge on any atom is -0.367 e. The molecule has 1 aliphatic rings. The Hall–Kier alpha value is -1.69. The van der Waals surface area contributed by atoms with Crippen LogP contribution in [0.5, 0.6) is 0 Å². The zero-order valence-corrected chi connectivity index (χ0v) is 12.5. The fraction of sp³-hybridized carbons (Fsp3) is 0.643. The summed E-state index contributed by atoms with van der Waals surface area (Å²) in [6.45, 7) is 1.99. The molecule has 6 nitrogen and oxygen atoms in total. The molecule has 6 heteroatoms. The number of carbonyl (C=O) groups excluding carboxylic acids is 1. The van der Waals surface area contributed by atoms with Crippen LogP contribution in [0.4, 0.5) is 5.82 Å². The Bertz CT molecular complexity index is 463. The molecule has 0 spiro atoms. The molecule has 1 aliphatic heterocycles. The molecule has 110 valence electrons. The normalized spacial score (nSPS) is 19.6. The van der Waals surface area contributed by atoms with Gasteiger partial charge in [0.15, 0.2) is 0 Å². The van der Waals surface area contributed by atoms with Gasteiger partial charge in [0.05, 0.1) is 12.4 Å². The summed E-state index contributed by atoms with van der Waals surface area (Å²) in [5.74, 6) is 0.535. The Labute approximate surface area is 120 Å². The maximum Gasteiger partial charge on any atom is 0.273 e. The molecule has 0 aliphatic carbocycles. The molecule has 1 aromatic rings. The van der Waals surface area contributed by atoms with E-state index in [0.717, 1.165) is 13.1 Å². The zero-order chi connectivity index (χ0) is 14.5. The van der Waals surface area contributed by atoms with Crippen LogP contribution in [0.25, 0.3) is 0 Å². The Morgan fingerprint density at radius 2 is 2.25 bits per heavy atom. The van der Waals surface area contributed by atoms with Gasteiger partial charge in [-0.25, -0.2) is 4.98 Å². The van der Waals surface area contributed by atoms with Crippen molar-refractivity contribution in [2.24, 2.45) is 0 Å². The molecule has 0 saturated carbocycles. The summed E-state index contributed by atoms with van der Waals surface area (Å²) in [5.41, 5.74) is 0.372. The van der Waals surface area contributed by atoms with Crippen molar-refractivity contribution < 1.29 is 4.79 Å². The summed E-state index contributed by atoms with van der Waals surface area (Å²) in [6.07, 6.45) is 6.92. The van der Waals surface area contributed by atoms with Crippen LogP contribution in [0.15, 0.2) is 12.4 Å². The van der Waals surface area contributed by atoms with Crippen LogP contribution in [0.1, 0.15) is 29.8 Å². The van der Waals surface area contributed by atoms with E-state index in [1.165, 1.54) is 30.4 Å². The number of hydrogen-bond donors (Lipinski definition) is 1. The lowest BCUT2D eigenvalue weighted by Gasteiger charge is -2.32. The molecule has 1 amide bonds. The van der Waals surface area contributed by atoms with Crippen LogP contribution >= 0.6 is 0 Å². The van der Waals surface area contributed by atoms with E-state index in [2.05, 4.69) is 27.2 Å². The van der Waals surface area contributed by atoms with Crippen LogP contribution < -0.4 is 5.32 Å². The van der Waals surface area contributed by atoms with Crippen molar-refractivity contribution in [2.45, 2.75) is 25.3 Å². The average molecular weight is 277 g/mol. The molecule has 0 bridgehead atoms. The highest BCUT2D eigenvalue weighted by atomic mass is 16.2. The van der Waals surface area contributed by atoms with E-state index in [0.29, 0.717) is 17.6 Å². The molecule has 0 aromatic carbocycles. The number of anilines is 1. The largest absolute Gasteiger partial charge is 0.367 e. The van der Waals surface area contributed by atoms with E-state index in [1.54, 1.807) is 20.3 Å². The van der Waals surface area contributed by atoms with Gasteiger partial charge in [0.1, 0.15) is 11.5 Å². The number of aromatic nitrogens is 2. The second-order valence-corrected chi connectivity index (χ2v) is 5.50. The zero-order valence-electron chi connectivity index (χ0n) is 12.5. The van der Waals surface area contributed by atoms with E-state index in [4.69, 9.17) is 0 Å². The highest BCUT2D eigenvalue weighted by Gasteiger charge is 2.18. The number of amides is 1. The molecule has 1 aromatic heterocycles. The molecule has 20 heavy (non-hydrogen) atoms. The summed E-state index contributed by atoms with van der Waals surface area (Å²) < 4.78 is 0. The fourth-order valence-corrected chi connectivity index (χ4v) is 2.41. The van der Waals surface area contributed by atoms with Crippen LogP contribution in [0, 0.1) is 0 Å². The van der Waals surface area contributed by atoms with Gasteiger partial charge in [-0.1, -0.05) is 6.42 Å². The number of likely N-dealkylation sites (N-methyl/N-ethyl adjacent to an activating group) is 1. The van der Waals surface area contributed by atoms with Crippen molar-refractivity contribution in [3.05, 3.63) is 18.1 Å². The summed E-state index contributed by atoms with van der Waals surface area (Å²) >= 11 is 0. The maximum absolute atomic E-state index is 11.8. The van der Waals surface area contributed by atoms with E-state index in [1.807, 2.05) is 0 Å². The first-order valence-corrected chi connectivity index (χ1v) is 7.05. The van der Waals surface area contributed by atoms with Gasteiger partial charge in [-0.15, -0.1) is 0 Å². The number of nitrogens with zero attached hydrogens (tertiary/aromatic N) is 4. The Balaban J connectivity index is 1.96. The lowest BCUT2D eigenvalue weighted by atomic mass is 10.0. The second kappa shape index (κ2) is 6.65. The van der Waals surface area contributed by atoms with Gasteiger partial charge in [0.25, 0.3) is 5.91 Å². The number of piperidine rings is 1. The fourth-order valence-electron chi connectivity index (χ4n) is 2.41. The number of likely N-dealkylation sites (tertiary alicyclic amines) is 1. The van der Waals surface area contributed by atoms with Crippen molar-refractivity contribution in [3.63, 3.8) is 0 Å². The Morgan fingerprint density at radius 1 is 1.45 bits per heavy atom. The van der Waals surface area contributed by atoms with Gasteiger partial charge in [0, 0.05) is 26.7 Å². The SMILES string of the molecule is CN(C)C(=O)c1cncc(NCC2CCCCN2C)n1. The monoisotopic (exact) mass is 277 g/mol. The van der Waals surface area contributed by atoms with Gasteiger partial charge < -0.3 is 15.1 Å². The van der Waals surface area contributed by atoms with Crippen LogP contribution in [0.3, 0.4) is 0 Å². The molecular weight excluding hydrogens is 254 g/mol. The molecule has 1 fully saturated rings.